The number of aromatic amines is 1. The van der Waals surface area contributed by atoms with Gasteiger partial charge in [0.1, 0.15) is 11.6 Å². The Morgan fingerprint density at radius 1 is 1.17 bits per heavy atom. The molecule has 0 radical (unpaired) electrons. The lowest BCUT2D eigenvalue weighted by Gasteiger charge is -2.25. The van der Waals surface area contributed by atoms with Gasteiger partial charge in [0.2, 0.25) is 0 Å². The minimum Gasteiger partial charge on any atom is -0.329 e. The number of H-pyrrole nitrogens is 1. The first-order chi connectivity index (χ1) is 11.7. The maximum Gasteiger partial charge on any atom is 0.165 e. The summed E-state index contributed by atoms with van der Waals surface area (Å²) in [4.78, 5) is 11.3. The fraction of sp³-hybridized carbons (Fsp3) is 0.118. The molecule has 3 heterocycles. The summed E-state index contributed by atoms with van der Waals surface area (Å²) >= 11 is 6.31. The number of hydrogen-bond acceptors (Lipinski definition) is 5. The summed E-state index contributed by atoms with van der Waals surface area (Å²) in [7, 11) is 0. The highest BCUT2D eigenvalue weighted by atomic mass is 35.5. The predicted octanol–water partition coefficient (Wildman–Crippen LogP) is 3.91. The fourth-order valence-electron chi connectivity index (χ4n) is 2.40. The third-order valence-corrected chi connectivity index (χ3v) is 4.00. The second-order valence-corrected chi connectivity index (χ2v) is 5.92. The van der Waals surface area contributed by atoms with Gasteiger partial charge in [-0.05, 0) is 25.1 Å². The van der Waals surface area contributed by atoms with E-state index in [9.17, 15) is 0 Å². The van der Waals surface area contributed by atoms with Crippen molar-refractivity contribution in [1.29, 1.82) is 0 Å². The normalized spacial score (nSPS) is 13.0. The molecule has 3 aromatic rings. The molecular weight excluding hydrogens is 324 g/mol. The Hall–Kier alpha value is -2.86. The van der Waals surface area contributed by atoms with Gasteiger partial charge < -0.3 is 10.2 Å². The quantitative estimate of drug-likeness (QED) is 0.755. The van der Waals surface area contributed by atoms with Crippen molar-refractivity contribution in [2.45, 2.75) is 6.92 Å². The zero-order chi connectivity index (χ0) is 16.5. The molecule has 1 aromatic carbocycles. The molecule has 1 aliphatic heterocycles. The number of halogens is 1. The van der Waals surface area contributed by atoms with Crippen molar-refractivity contribution in [1.82, 2.24) is 20.2 Å². The van der Waals surface area contributed by atoms with Gasteiger partial charge in [-0.3, -0.25) is 5.10 Å². The van der Waals surface area contributed by atoms with Crippen molar-refractivity contribution >= 4 is 29.1 Å². The molecular formula is C17H15ClN6. The highest BCUT2D eigenvalue weighted by Gasteiger charge is 2.15. The lowest BCUT2D eigenvalue weighted by molar-refractivity contribution is 0.962. The molecule has 0 bridgehead atoms. The number of benzene rings is 1. The van der Waals surface area contributed by atoms with Gasteiger partial charge in [0, 0.05) is 36.1 Å². The molecule has 1 aliphatic rings. The van der Waals surface area contributed by atoms with Crippen molar-refractivity contribution in [3.8, 4) is 11.4 Å². The van der Waals surface area contributed by atoms with Crippen molar-refractivity contribution in [3.05, 3.63) is 59.4 Å². The third kappa shape index (κ3) is 2.83. The van der Waals surface area contributed by atoms with Crippen molar-refractivity contribution in [2.75, 3.05) is 16.8 Å². The average molecular weight is 339 g/mol. The molecule has 0 unspecified atom stereocenters. The van der Waals surface area contributed by atoms with Crippen LogP contribution in [0.2, 0.25) is 5.02 Å². The number of anilines is 3. The van der Waals surface area contributed by atoms with Gasteiger partial charge in [0.25, 0.3) is 0 Å². The van der Waals surface area contributed by atoms with Crippen LogP contribution in [0.1, 0.15) is 5.69 Å². The highest BCUT2D eigenvalue weighted by molar-refractivity contribution is 6.33. The SMILES string of the molecule is Cc1cc(Nc2cc(N3C=CC3)nc(-c3ccccc3Cl)n2)n[nH]1. The summed E-state index contributed by atoms with van der Waals surface area (Å²) in [5, 5.41) is 10.9. The Kier molecular flexibility index (Phi) is 3.66. The van der Waals surface area contributed by atoms with Crippen LogP contribution in [0.25, 0.3) is 11.4 Å². The van der Waals surface area contributed by atoms with Crippen LogP contribution in [0.3, 0.4) is 0 Å². The average Bonchev–Trinajstić information content (AvgIpc) is 2.91. The minimum atomic E-state index is 0.577. The van der Waals surface area contributed by atoms with Gasteiger partial charge >= 0.3 is 0 Å². The molecule has 0 saturated carbocycles. The van der Waals surface area contributed by atoms with E-state index in [4.69, 9.17) is 11.6 Å². The summed E-state index contributed by atoms with van der Waals surface area (Å²) in [5.74, 6) is 2.77. The van der Waals surface area contributed by atoms with Crippen LogP contribution in [0.5, 0.6) is 0 Å². The summed E-state index contributed by atoms with van der Waals surface area (Å²) < 4.78 is 0. The van der Waals surface area contributed by atoms with Crippen molar-refractivity contribution in [3.63, 3.8) is 0 Å². The van der Waals surface area contributed by atoms with Gasteiger partial charge in [-0.1, -0.05) is 23.7 Å². The fourth-order valence-corrected chi connectivity index (χ4v) is 2.62. The van der Waals surface area contributed by atoms with E-state index in [1.54, 1.807) is 0 Å². The number of aryl methyl sites for hydroxylation is 1. The first-order valence-corrected chi connectivity index (χ1v) is 7.93. The lowest BCUT2D eigenvalue weighted by atomic mass is 10.2. The van der Waals surface area contributed by atoms with Crippen LogP contribution < -0.4 is 10.2 Å². The summed E-state index contributed by atoms with van der Waals surface area (Å²) in [6.07, 6.45) is 4.06. The third-order valence-electron chi connectivity index (χ3n) is 3.67. The van der Waals surface area contributed by atoms with Gasteiger partial charge in [0.05, 0.1) is 5.02 Å². The molecule has 24 heavy (non-hydrogen) atoms. The first-order valence-electron chi connectivity index (χ1n) is 7.55. The smallest absolute Gasteiger partial charge is 0.165 e. The van der Waals surface area contributed by atoms with Crippen molar-refractivity contribution in [2.24, 2.45) is 0 Å². The van der Waals surface area contributed by atoms with E-state index in [2.05, 4.69) is 31.6 Å². The molecule has 2 aromatic heterocycles. The second-order valence-electron chi connectivity index (χ2n) is 5.51. The van der Waals surface area contributed by atoms with E-state index in [1.807, 2.05) is 54.4 Å². The molecule has 7 heteroatoms. The van der Waals surface area contributed by atoms with E-state index in [1.165, 1.54) is 0 Å². The topological polar surface area (TPSA) is 69.7 Å². The molecule has 0 atom stereocenters. The monoisotopic (exact) mass is 338 g/mol. The van der Waals surface area contributed by atoms with Gasteiger partial charge in [0.15, 0.2) is 11.6 Å². The maximum absolute atomic E-state index is 6.31. The second kappa shape index (κ2) is 5.98. The largest absolute Gasteiger partial charge is 0.329 e. The number of nitrogens with one attached hydrogen (secondary N) is 2. The van der Waals surface area contributed by atoms with Crippen LogP contribution in [-0.4, -0.2) is 26.7 Å². The minimum absolute atomic E-state index is 0.577. The van der Waals surface area contributed by atoms with E-state index in [0.717, 1.165) is 23.6 Å². The summed E-state index contributed by atoms with van der Waals surface area (Å²) in [5.41, 5.74) is 1.77. The van der Waals surface area contributed by atoms with Crippen LogP contribution in [0, 0.1) is 6.92 Å². The Bertz CT molecular complexity index is 917. The molecule has 0 saturated heterocycles. The van der Waals surface area contributed by atoms with E-state index in [-0.39, 0.29) is 0 Å². The molecule has 0 fully saturated rings. The number of nitrogens with zero attached hydrogens (tertiary/aromatic N) is 4. The first kappa shape index (κ1) is 14.7. The molecule has 0 aliphatic carbocycles. The van der Waals surface area contributed by atoms with Crippen LogP contribution in [0.15, 0.2) is 48.7 Å². The number of rotatable bonds is 4. The van der Waals surface area contributed by atoms with Crippen LogP contribution >= 0.6 is 11.6 Å². The Labute approximate surface area is 144 Å². The van der Waals surface area contributed by atoms with E-state index < -0.39 is 0 Å². The van der Waals surface area contributed by atoms with Crippen molar-refractivity contribution < 1.29 is 0 Å². The Balaban J connectivity index is 1.77. The highest BCUT2D eigenvalue weighted by Crippen LogP contribution is 2.29. The number of aromatic nitrogens is 4. The Morgan fingerprint density at radius 2 is 2.00 bits per heavy atom. The maximum atomic E-state index is 6.31. The van der Waals surface area contributed by atoms with Crippen LogP contribution in [0.4, 0.5) is 17.5 Å². The summed E-state index contributed by atoms with van der Waals surface area (Å²) in [6, 6.07) is 11.4. The lowest BCUT2D eigenvalue weighted by Crippen LogP contribution is -2.25. The molecule has 0 amide bonds. The summed E-state index contributed by atoms with van der Waals surface area (Å²) in [6.45, 7) is 2.78. The van der Waals surface area contributed by atoms with E-state index >= 15 is 0 Å². The molecule has 6 nitrogen and oxygen atoms in total. The molecule has 4 rings (SSSR count). The van der Waals surface area contributed by atoms with Crippen LogP contribution in [-0.2, 0) is 0 Å². The molecule has 0 spiro atoms. The standard InChI is InChI=1S/C17H15ClN6/c1-11-9-15(23-22-11)19-14-10-16(24-7-4-8-24)21-17(20-14)12-5-2-3-6-13(12)18/h2-7,9-10H,8H2,1H3,(H2,19,20,21,22,23). The Morgan fingerprint density at radius 3 is 2.67 bits per heavy atom. The molecule has 2 N–H and O–H groups in total. The van der Waals surface area contributed by atoms with Gasteiger partial charge in [-0.2, -0.15) is 5.10 Å². The molecule has 120 valence electrons. The van der Waals surface area contributed by atoms with Gasteiger partial charge in [-0.25, -0.2) is 9.97 Å². The number of hydrogen-bond donors (Lipinski definition) is 2. The van der Waals surface area contributed by atoms with E-state index in [0.29, 0.717) is 22.5 Å². The van der Waals surface area contributed by atoms with Gasteiger partial charge in [-0.15, -0.1) is 0 Å². The zero-order valence-corrected chi connectivity index (χ0v) is 13.7. The predicted molar refractivity (Wildman–Crippen MR) is 95.6 cm³/mol. The zero-order valence-electron chi connectivity index (χ0n) is 13.0.